The van der Waals surface area contributed by atoms with E-state index in [9.17, 15) is 13.2 Å². The summed E-state index contributed by atoms with van der Waals surface area (Å²) in [5.74, 6) is 0.424. The molecule has 0 unspecified atom stereocenters. The Morgan fingerprint density at radius 2 is 1.81 bits per heavy atom. The minimum Gasteiger partial charge on any atom is -0.357 e. The van der Waals surface area contributed by atoms with Crippen LogP contribution in [0.15, 0.2) is 35.3 Å². The summed E-state index contributed by atoms with van der Waals surface area (Å²) in [4.78, 5) is 3.90. The van der Waals surface area contributed by atoms with Crippen LogP contribution in [0, 0.1) is 0 Å². The Kier molecular flexibility index (Phi) is 10.2. The van der Waals surface area contributed by atoms with Crippen LogP contribution in [-0.4, -0.2) is 31.8 Å². The van der Waals surface area contributed by atoms with Gasteiger partial charge in [0.05, 0.1) is 13.0 Å². The molecule has 21 heavy (non-hydrogen) atoms. The third-order valence-electron chi connectivity index (χ3n) is 2.56. The first-order valence-corrected chi connectivity index (χ1v) is 6.64. The van der Waals surface area contributed by atoms with Gasteiger partial charge in [-0.3, -0.25) is 4.99 Å². The number of alkyl halides is 3. The minimum atomic E-state index is -4.16. The van der Waals surface area contributed by atoms with Gasteiger partial charge in [-0.1, -0.05) is 30.3 Å². The average Bonchev–Trinajstić information content (AvgIpc) is 2.38. The maximum absolute atomic E-state index is 12.1. The van der Waals surface area contributed by atoms with Gasteiger partial charge in [-0.15, -0.1) is 24.0 Å². The first-order valence-electron chi connectivity index (χ1n) is 6.64. The Morgan fingerprint density at radius 1 is 1.14 bits per heavy atom. The van der Waals surface area contributed by atoms with Crippen LogP contribution in [0.5, 0.6) is 0 Å². The van der Waals surface area contributed by atoms with Crippen LogP contribution < -0.4 is 10.6 Å². The van der Waals surface area contributed by atoms with Crippen molar-refractivity contribution in [2.45, 2.75) is 25.9 Å². The number of guanidine groups is 1. The van der Waals surface area contributed by atoms with Crippen molar-refractivity contribution in [3.8, 4) is 0 Å². The molecule has 7 heteroatoms. The molecule has 120 valence electrons. The van der Waals surface area contributed by atoms with Crippen LogP contribution in [0.3, 0.4) is 0 Å². The number of rotatable bonds is 6. The highest BCUT2D eigenvalue weighted by Gasteiger charge is 2.26. The lowest BCUT2D eigenvalue weighted by atomic mass is 10.1. The normalized spacial score (nSPS) is 11.7. The van der Waals surface area contributed by atoms with Crippen molar-refractivity contribution in [1.29, 1.82) is 0 Å². The van der Waals surface area contributed by atoms with E-state index in [-0.39, 0.29) is 30.5 Å². The molecule has 0 saturated heterocycles. The van der Waals surface area contributed by atoms with E-state index in [4.69, 9.17) is 0 Å². The van der Waals surface area contributed by atoms with Gasteiger partial charge in [-0.2, -0.15) is 13.2 Å². The van der Waals surface area contributed by atoms with Gasteiger partial charge in [0.1, 0.15) is 0 Å². The summed E-state index contributed by atoms with van der Waals surface area (Å²) in [7, 11) is 0. The molecule has 0 aliphatic carbocycles. The molecule has 1 aromatic rings. The predicted octanol–water partition coefficient (Wildman–Crippen LogP) is 3.35. The van der Waals surface area contributed by atoms with E-state index >= 15 is 0 Å². The highest BCUT2D eigenvalue weighted by molar-refractivity contribution is 14.0. The van der Waals surface area contributed by atoms with E-state index in [1.807, 2.05) is 37.3 Å². The summed E-state index contributed by atoms with van der Waals surface area (Å²) in [6, 6.07) is 9.88. The fourth-order valence-corrected chi connectivity index (χ4v) is 1.61. The number of aliphatic imine (C=N–C) groups is 1. The van der Waals surface area contributed by atoms with Gasteiger partial charge < -0.3 is 10.6 Å². The van der Waals surface area contributed by atoms with Gasteiger partial charge in [-0.05, 0) is 18.9 Å². The monoisotopic (exact) mass is 415 g/mol. The first-order chi connectivity index (χ1) is 9.51. The molecule has 2 N–H and O–H groups in total. The fourth-order valence-electron chi connectivity index (χ4n) is 1.61. The van der Waals surface area contributed by atoms with E-state index in [1.54, 1.807) is 0 Å². The number of hydrogen-bond donors (Lipinski definition) is 2. The Morgan fingerprint density at radius 3 is 2.38 bits per heavy atom. The van der Waals surface area contributed by atoms with Crippen LogP contribution >= 0.6 is 24.0 Å². The number of benzene rings is 1. The molecule has 0 fully saturated rings. The zero-order chi connectivity index (χ0) is 14.8. The lowest BCUT2D eigenvalue weighted by Gasteiger charge is -2.11. The summed E-state index contributed by atoms with van der Waals surface area (Å²) in [6.07, 6.45) is -4.27. The maximum Gasteiger partial charge on any atom is 0.390 e. The summed E-state index contributed by atoms with van der Waals surface area (Å²) >= 11 is 0. The second-order valence-electron chi connectivity index (χ2n) is 4.29. The summed E-state index contributed by atoms with van der Waals surface area (Å²) in [6.45, 7) is 2.85. The van der Waals surface area contributed by atoms with Gasteiger partial charge in [0, 0.05) is 13.1 Å². The van der Waals surface area contributed by atoms with Crippen molar-refractivity contribution >= 4 is 29.9 Å². The van der Waals surface area contributed by atoms with Gasteiger partial charge in [0.25, 0.3) is 0 Å². The molecule has 0 heterocycles. The second kappa shape index (κ2) is 10.7. The first kappa shape index (κ1) is 20.0. The SMILES string of the molecule is CCNC(=NCCC(F)(F)F)NCCc1ccccc1.I. The van der Waals surface area contributed by atoms with Crippen molar-refractivity contribution in [2.24, 2.45) is 4.99 Å². The van der Waals surface area contributed by atoms with Gasteiger partial charge in [0.15, 0.2) is 5.96 Å². The van der Waals surface area contributed by atoms with Crippen molar-refractivity contribution in [3.05, 3.63) is 35.9 Å². The molecule has 0 aromatic heterocycles. The number of nitrogens with zero attached hydrogens (tertiary/aromatic N) is 1. The molecular weight excluding hydrogens is 394 g/mol. The third kappa shape index (κ3) is 10.4. The third-order valence-corrected chi connectivity index (χ3v) is 2.56. The molecule has 0 atom stereocenters. The molecule has 0 bridgehead atoms. The Balaban J connectivity index is 0.00000400. The van der Waals surface area contributed by atoms with Crippen LogP contribution in [0.25, 0.3) is 0 Å². The summed E-state index contributed by atoms with van der Waals surface area (Å²) in [5, 5.41) is 5.95. The summed E-state index contributed by atoms with van der Waals surface area (Å²) in [5.41, 5.74) is 1.17. The van der Waals surface area contributed by atoms with Gasteiger partial charge in [-0.25, -0.2) is 0 Å². The largest absolute Gasteiger partial charge is 0.390 e. The van der Waals surface area contributed by atoms with Crippen molar-refractivity contribution in [1.82, 2.24) is 10.6 Å². The number of halogens is 4. The van der Waals surface area contributed by atoms with Crippen LogP contribution in [-0.2, 0) is 6.42 Å². The maximum atomic E-state index is 12.1. The van der Waals surface area contributed by atoms with Crippen molar-refractivity contribution in [3.63, 3.8) is 0 Å². The van der Waals surface area contributed by atoms with Crippen molar-refractivity contribution in [2.75, 3.05) is 19.6 Å². The second-order valence-corrected chi connectivity index (χ2v) is 4.29. The molecule has 1 rings (SSSR count). The molecule has 0 aliphatic rings. The predicted molar refractivity (Wildman–Crippen MR) is 90.2 cm³/mol. The van der Waals surface area contributed by atoms with E-state index < -0.39 is 12.6 Å². The van der Waals surface area contributed by atoms with E-state index in [0.717, 1.165) is 6.42 Å². The zero-order valence-corrected chi connectivity index (χ0v) is 14.2. The van der Waals surface area contributed by atoms with Gasteiger partial charge >= 0.3 is 6.18 Å². The quantitative estimate of drug-likeness (QED) is 0.425. The minimum absolute atomic E-state index is 0. The molecule has 1 aromatic carbocycles. The Labute approximate surface area is 140 Å². The number of nitrogens with one attached hydrogen (secondary N) is 2. The molecule has 0 radical (unpaired) electrons. The standard InChI is InChI=1S/C14H20F3N3.HI/c1-2-18-13(20-11-9-14(15,16)17)19-10-8-12-6-4-3-5-7-12;/h3-7H,2,8-11H2,1H3,(H2,18,19,20);1H. The fraction of sp³-hybridized carbons (Fsp3) is 0.500. The molecular formula is C14H21F3IN3. The lowest BCUT2D eigenvalue weighted by Crippen LogP contribution is -2.38. The van der Waals surface area contributed by atoms with E-state index in [0.29, 0.717) is 19.0 Å². The molecule has 3 nitrogen and oxygen atoms in total. The molecule has 0 amide bonds. The lowest BCUT2D eigenvalue weighted by molar-refractivity contribution is -0.132. The zero-order valence-electron chi connectivity index (χ0n) is 11.9. The topological polar surface area (TPSA) is 36.4 Å². The molecule has 0 saturated carbocycles. The highest BCUT2D eigenvalue weighted by atomic mass is 127. The van der Waals surface area contributed by atoms with Gasteiger partial charge in [0.2, 0.25) is 0 Å². The number of hydrogen-bond acceptors (Lipinski definition) is 1. The molecule has 0 spiro atoms. The summed E-state index contributed by atoms with van der Waals surface area (Å²) < 4.78 is 36.2. The van der Waals surface area contributed by atoms with Crippen LogP contribution in [0.1, 0.15) is 18.9 Å². The average molecular weight is 415 g/mol. The highest BCUT2D eigenvalue weighted by Crippen LogP contribution is 2.18. The molecule has 0 aliphatic heterocycles. The Bertz CT molecular complexity index is 408. The van der Waals surface area contributed by atoms with Crippen LogP contribution in [0.4, 0.5) is 13.2 Å². The van der Waals surface area contributed by atoms with E-state index in [2.05, 4.69) is 15.6 Å². The van der Waals surface area contributed by atoms with E-state index in [1.165, 1.54) is 5.56 Å². The van der Waals surface area contributed by atoms with Crippen molar-refractivity contribution < 1.29 is 13.2 Å². The Hall–Kier alpha value is -0.990. The smallest absolute Gasteiger partial charge is 0.357 e. The van der Waals surface area contributed by atoms with Crippen LogP contribution in [0.2, 0.25) is 0 Å².